The first-order valence-electron chi connectivity index (χ1n) is 8.64. The molecule has 0 amide bonds. The monoisotopic (exact) mass is 287 g/mol. The number of hydrogen-bond acceptors (Lipinski definition) is 2. The largest absolute Gasteiger partial charge is 0.486 e. The van der Waals surface area contributed by atoms with Crippen molar-refractivity contribution < 1.29 is 4.74 Å². The molecule has 1 atom stereocenters. The average Bonchev–Trinajstić information content (AvgIpc) is 2.60. The summed E-state index contributed by atoms with van der Waals surface area (Å²) < 4.78 is 6.57. The first kappa shape index (κ1) is 14.9. The Labute approximate surface area is 129 Å². The molecule has 116 valence electrons. The van der Waals surface area contributed by atoms with E-state index in [-0.39, 0.29) is 5.60 Å². The summed E-state index contributed by atoms with van der Waals surface area (Å²) >= 11 is 0. The lowest BCUT2D eigenvalue weighted by Gasteiger charge is -2.34. The molecule has 1 unspecified atom stereocenters. The molecule has 2 nitrogen and oxygen atoms in total. The maximum atomic E-state index is 6.57. The van der Waals surface area contributed by atoms with Gasteiger partial charge in [-0.1, -0.05) is 31.0 Å². The number of ether oxygens (including phenoxy) is 1. The zero-order valence-electron chi connectivity index (χ0n) is 13.6. The first-order valence-corrected chi connectivity index (χ1v) is 8.64. The van der Waals surface area contributed by atoms with Gasteiger partial charge in [-0.3, -0.25) is 0 Å². The van der Waals surface area contributed by atoms with Gasteiger partial charge in [0, 0.05) is 11.5 Å². The molecule has 1 aromatic carbocycles. The lowest BCUT2D eigenvalue weighted by Crippen LogP contribution is -2.37. The van der Waals surface area contributed by atoms with Crippen LogP contribution in [0.1, 0.15) is 62.8 Å². The second kappa shape index (κ2) is 6.39. The summed E-state index contributed by atoms with van der Waals surface area (Å²) in [7, 11) is 4.33. The van der Waals surface area contributed by atoms with E-state index >= 15 is 0 Å². The molecule has 1 saturated carbocycles. The Bertz CT molecular complexity index is 460. The fourth-order valence-corrected chi connectivity index (χ4v) is 4.24. The fraction of sp³-hybridized carbons (Fsp3) is 0.684. The van der Waals surface area contributed by atoms with Gasteiger partial charge in [0.15, 0.2) is 0 Å². The Balaban J connectivity index is 1.81. The van der Waals surface area contributed by atoms with Crippen LogP contribution >= 0.6 is 0 Å². The number of fused-ring (bicyclic) bond motifs is 1. The smallest absolute Gasteiger partial charge is 0.123 e. The molecular formula is C19H29NO. The topological polar surface area (TPSA) is 12.5 Å². The van der Waals surface area contributed by atoms with Crippen molar-refractivity contribution >= 4 is 0 Å². The number of nitrogens with zero attached hydrogens (tertiary/aromatic N) is 1. The number of rotatable bonds is 4. The standard InChI is InChI=1S/C19H29NO/c1-20(2)15-9-11-17-16-10-5-6-12-18(16)21-19(17)13-7-3-4-8-14-19/h5-6,10,12,17H,3-4,7-9,11,13-15H2,1-2H3. The molecule has 1 aliphatic heterocycles. The molecule has 1 aromatic rings. The zero-order valence-corrected chi connectivity index (χ0v) is 13.6. The van der Waals surface area contributed by atoms with Crippen molar-refractivity contribution in [3.05, 3.63) is 29.8 Å². The Morgan fingerprint density at radius 1 is 1.10 bits per heavy atom. The third kappa shape index (κ3) is 3.11. The predicted octanol–water partition coefficient (Wildman–Crippen LogP) is 4.60. The van der Waals surface area contributed by atoms with E-state index in [0.29, 0.717) is 5.92 Å². The van der Waals surface area contributed by atoms with Crippen LogP contribution in [0.15, 0.2) is 24.3 Å². The Kier molecular flexibility index (Phi) is 4.54. The second-order valence-electron chi connectivity index (χ2n) is 7.12. The number of benzene rings is 1. The average molecular weight is 287 g/mol. The Hall–Kier alpha value is -1.02. The molecule has 2 aliphatic rings. The van der Waals surface area contributed by atoms with E-state index in [1.165, 1.54) is 63.5 Å². The highest BCUT2D eigenvalue weighted by atomic mass is 16.5. The van der Waals surface area contributed by atoms with Crippen molar-refractivity contribution in [3.8, 4) is 5.75 Å². The van der Waals surface area contributed by atoms with Crippen molar-refractivity contribution in [3.63, 3.8) is 0 Å². The predicted molar refractivity (Wildman–Crippen MR) is 88.0 cm³/mol. The SMILES string of the molecule is CN(C)CCCC1c2ccccc2OC12CCCCCC2. The highest BCUT2D eigenvalue weighted by Crippen LogP contribution is 2.52. The molecule has 0 saturated heterocycles. The second-order valence-corrected chi connectivity index (χ2v) is 7.12. The summed E-state index contributed by atoms with van der Waals surface area (Å²) in [4.78, 5) is 2.29. The van der Waals surface area contributed by atoms with E-state index < -0.39 is 0 Å². The summed E-state index contributed by atoms with van der Waals surface area (Å²) in [6.45, 7) is 1.18. The zero-order chi connectivity index (χ0) is 14.7. The third-order valence-corrected chi connectivity index (χ3v) is 5.29. The van der Waals surface area contributed by atoms with E-state index in [2.05, 4.69) is 43.3 Å². The summed E-state index contributed by atoms with van der Waals surface area (Å²) in [5.74, 6) is 1.76. The minimum atomic E-state index is 0.104. The molecule has 3 rings (SSSR count). The lowest BCUT2D eigenvalue weighted by atomic mass is 9.76. The van der Waals surface area contributed by atoms with E-state index in [1.54, 1.807) is 0 Å². The molecule has 0 N–H and O–H groups in total. The maximum absolute atomic E-state index is 6.57. The van der Waals surface area contributed by atoms with Crippen LogP contribution in [-0.4, -0.2) is 31.1 Å². The molecule has 2 heteroatoms. The lowest BCUT2D eigenvalue weighted by molar-refractivity contribution is 0.0473. The normalized spacial score (nSPS) is 23.9. The van der Waals surface area contributed by atoms with Crippen LogP contribution in [0.3, 0.4) is 0 Å². The van der Waals surface area contributed by atoms with Crippen molar-refractivity contribution in [2.75, 3.05) is 20.6 Å². The van der Waals surface area contributed by atoms with Crippen molar-refractivity contribution in [2.45, 2.75) is 62.9 Å². The van der Waals surface area contributed by atoms with Gasteiger partial charge in [-0.05, 0) is 65.2 Å². The molecule has 21 heavy (non-hydrogen) atoms. The molecule has 1 fully saturated rings. The molecule has 1 aliphatic carbocycles. The van der Waals surface area contributed by atoms with Crippen molar-refractivity contribution in [1.82, 2.24) is 4.90 Å². The molecule has 0 radical (unpaired) electrons. The molecule has 1 spiro atoms. The summed E-state index contributed by atoms with van der Waals surface area (Å²) in [5, 5.41) is 0. The summed E-state index contributed by atoms with van der Waals surface area (Å²) in [6, 6.07) is 8.77. The van der Waals surface area contributed by atoms with Crippen LogP contribution < -0.4 is 4.74 Å². The van der Waals surface area contributed by atoms with E-state index in [1.807, 2.05) is 0 Å². The Morgan fingerprint density at radius 2 is 1.81 bits per heavy atom. The van der Waals surface area contributed by atoms with Crippen LogP contribution in [0.4, 0.5) is 0 Å². The van der Waals surface area contributed by atoms with E-state index in [0.717, 1.165) is 5.75 Å². The fourth-order valence-electron chi connectivity index (χ4n) is 4.24. The minimum Gasteiger partial charge on any atom is -0.486 e. The van der Waals surface area contributed by atoms with Crippen LogP contribution in [0, 0.1) is 0 Å². The molecule has 0 bridgehead atoms. The van der Waals surface area contributed by atoms with Crippen LogP contribution in [0.25, 0.3) is 0 Å². The van der Waals surface area contributed by atoms with Crippen LogP contribution in [-0.2, 0) is 0 Å². The highest BCUT2D eigenvalue weighted by molar-refractivity contribution is 5.43. The molecule has 1 heterocycles. The summed E-state index contributed by atoms with van der Waals surface area (Å²) in [5.41, 5.74) is 1.57. The van der Waals surface area contributed by atoms with Crippen molar-refractivity contribution in [2.24, 2.45) is 0 Å². The number of hydrogen-bond donors (Lipinski definition) is 0. The quantitative estimate of drug-likeness (QED) is 0.802. The highest BCUT2D eigenvalue weighted by Gasteiger charge is 2.47. The van der Waals surface area contributed by atoms with Gasteiger partial charge in [0.25, 0.3) is 0 Å². The first-order chi connectivity index (χ1) is 10.2. The van der Waals surface area contributed by atoms with E-state index in [4.69, 9.17) is 4.74 Å². The van der Waals surface area contributed by atoms with Crippen LogP contribution in [0.5, 0.6) is 5.75 Å². The van der Waals surface area contributed by atoms with Gasteiger partial charge in [0.2, 0.25) is 0 Å². The van der Waals surface area contributed by atoms with Gasteiger partial charge >= 0.3 is 0 Å². The summed E-state index contributed by atoms with van der Waals surface area (Å²) in [6.07, 6.45) is 10.4. The van der Waals surface area contributed by atoms with Crippen LogP contribution in [0.2, 0.25) is 0 Å². The molecular weight excluding hydrogens is 258 g/mol. The van der Waals surface area contributed by atoms with Crippen molar-refractivity contribution in [1.29, 1.82) is 0 Å². The van der Waals surface area contributed by atoms with Gasteiger partial charge in [0.05, 0.1) is 0 Å². The van der Waals surface area contributed by atoms with Gasteiger partial charge < -0.3 is 9.64 Å². The third-order valence-electron chi connectivity index (χ3n) is 5.29. The van der Waals surface area contributed by atoms with Gasteiger partial charge in [-0.25, -0.2) is 0 Å². The van der Waals surface area contributed by atoms with Gasteiger partial charge in [0.1, 0.15) is 11.4 Å². The van der Waals surface area contributed by atoms with Gasteiger partial charge in [-0.2, -0.15) is 0 Å². The van der Waals surface area contributed by atoms with Gasteiger partial charge in [-0.15, -0.1) is 0 Å². The molecule has 0 aromatic heterocycles. The Morgan fingerprint density at radius 3 is 2.52 bits per heavy atom. The van der Waals surface area contributed by atoms with E-state index in [9.17, 15) is 0 Å². The maximum Gasteiger partial charge on any atom is 0.123 e. The number of para-hydroxylation sites is 1. The minimum absolute atomic E-state index is 0.104.